The smallest absolute Gasteiger partial charge is 0.346 e. The molecule has 3 rings (SSSR count). The monoisotopic (exact) mass is 401 g/mol. The van der Waals surface area contributed by atoms with Gasteiger partial charge in [0, 0.05) is 11.8 Å². The van der Waals surface area contributed by atoms with Crippen molar-refractivity contribution in [3.8, 4) is 0 Å². The molecular formula is C18H13F6N3O. The third-order valence-corrected chi connectivity index (χ3v) is 4.10. The Morgan fingerprint density at radius 3 is 2.21 bits per heavy atom. The molecule has 1 aromatic carbocycles. The maximum Gasteiger partial charge on any atom is 0.416 e. The van der Waals surface area contributed by atoms with Crippen LogP contribution in [-0.2, 0) is 18.9 Å². The summed E-state index contributed by atoms with van der Waals surface area (Å²) in [5.74, 6) is -1.05. The summed E-state index contributed by atoms with van der Waals surface area (Å²) < 4.78 is 79.2. The van der Waals surface area contributed by atoms with Gasteiger partial charge in [-0.25, -0.2) is 4.98 Å². The van der Waals surface area contributed by atoms with Gasteiger partial charge in [-0.1, -0.05) is 6.07 Å². The number of halogens is 6. The molecule has 10 heteroatoms. The van der Waals surface area contributed by atoms with Crippen molar-refractivity contribution in [3.05, 3.63) is 70.7 Å². The Kier molecular flexibility index (Phi) is 4.82. The van der Waals surface area contributed by atoms with E-state index in [1.165, 1.54) is 0 Å². The molecule has 148 valence electrons. The average Bonchev–Trinajstić information content (AvgIpc) is 2.93. The third kappa shape index (κ3) is 3.95. The van der Waals surface area contributed by atoms with Crippen molar-refractivity contribution in [3.63, 3.8) is 0 Å². The highest BCUT2D eigenvalue weighted by Gasteiger charge is 2.37. The number of benzene rings is 1. The van der Waals surface area contributed by atoms with Crippen molar-refractivity contribution in [1.29, 1.82) is 0 Å². The van der Waals surface area contributed by atoms with Gasteiger partial charge in [0.15, 0.2) is 0 Å². The van der Waals surface area contributed by atoms with Gasteiger partial charge in [0.05, 0.1) is 29.1 Å². The maximum absolute atomic E-state index is 12.9. The summed E-state index contributed by atoms with van der Waals surface area (Å²) in [6.07, 6.45) is -8.36. The van der Waals surface area contributed by atoms with Gasteiger partial charge in [0.1, 0.15) is 5.65 Å². The molecule has 0 aliphatic carbocycles. The average molecular weight is 401 g/mol. The molecule has 1 N–H and O–H groups in total. The summed E-state index contributed by atoms with van der Waals surface area (Å²) in [5, 5.41) is 2.36. The zero-order valence-electron chi connectivity index (χ0n) is 14.3. The maximum atomic E-state index is 12.9. The van der Waals surface area contributed by atoms with E-state index >= 15 is 0 Å². The first kappa shape index (κ1) is 19.7. The van der Waals surface area contributed by atoms with Crippen LogP contribution in [-0.4, -0.2) is 15.3 Å². The predicted molar refractivity (Wildman–Crippen MR) is 87.5 cm³/mol. The molecule has 1 amide bonds. The van der Waals surface area contributed by atoms with Gasteiger partial charge >= 0.3 is 12.4 Å². The van der Waals surface area contributed by atoms with Crippen LogP contribution < -0.4 is 5.32 Å². The van der Waals surface area contributed by atoms with Crippen molar-refractivity contribution >= 4 is 11.6 Å². The molecule has 28 heavy (non-hydrogen) atoms. The molecule has 3 aromatic rings. The lowest BCUT2D eigenvalue weighted by molar-refractivity contribution is -0.143. The first-order valence-electron chi connectivity index (χ1n) is 7.97. The van der Waals surface area contributed by atoms with Crippen LogP contribution in [0.4, 0.5) is 26.3 Å². The normalized spacial score (nSPS) is 12.4. The number of carbonyl (C=O) groups is 1. The van der Waals surface area contributed by atoms with E-state index in [4.69, 9.17) is 0 Å². The van der Waals surface area contributed by atoms with E-state index in [-0.39, 0.29) is 12.6 Å². The van der Waals surface area contributed by atoms with Crippen LogP contribution in [0.5, 0.6) is 0 Å². The zero-order chi connectivity index (χ0) is 20.7. The van der Waals surface area contributed by atoms with E-state index in [0.29, 0.717) is 29.2 Å². The fourth-order valence-corrected chi connectivity index (χ4v) is 2.73. The largest absolute Gasteiger partial charge is 0.416 e. The Labute approximate surface area is 154 Å². The summed E-state index contributed by atoms with van der Waals surface area (Å²) >= 11 is 0. The number of hydrogen-bond donors (Lipinski definition) is 1. The van der Waals surface area contributed by atoms with Crippen molar-refractivity contribution in [2.75, 3.05) is 0 Å². The van der Waals surface area contributed by atoms with Gasteiger partial charge in [-0.3, -0.25) is 4.79 Å². The van der Waals surface area contributed by atoms with E-state index < -0.39 is 35.0 Å². The molecule has 2 aromatic heterocycles. The number of nitrogens with one attached hydrogen (secondary N) is 1. The minimum atomic E-state index is -5.02. The lowest BCUT2D eigenvalue weighted by Gasteiger charge is -2.14. The number of alkyl halides is 6. The van der Waals surface area contributed by atoms with Crippen LogP contribution in [0.1, 0.15) is 32.9 Å². The number of aromatic nitrogens is 2. The number of imidazole rings is 1. The number of pyridine rings is 1. The molecule has 0 bridgehead atoms. The number of amides is 1. The molecule has 0 fully saturated rings. The Morgan fingerprint density at radius 2 is 1.64 bits per heavy atom. The first-order chi connectivity index (χ1) is 13.0. The summed E-state index contributed by atoms with van der Waals surface area (Å²) in [7, 11) is 0. The number of nitrogens with zero attached hydrogens (tertiary/aromatic N) is 2. The first-order valence-corrected chi connectivity index (χ1v) is 7.97. The second-order valence-corrected chi connectivity index (χ2v) is 6.05. The Hall–Kier alpha value is -3.04. The Morgan fingerprint density at radius 1 is 1.04 bits per heavy atom. The summed E-state index contributed by atoms with van der Waals surface area (Å²) in [5.41, 5.74) is -2.08. The summed E-state index contributed by atoms with van der Waals surface area (Å²) in [6.45, 7) is 1.56. The van der Waals surface area contributed by atoms with Crippen molar-refractivity contribution < 1.29 is 31.1 Å². The Balaban J connectivity index is 1.90. The molecule has 0 spiro atoms. The number of hydrogen-bond acceptors (Lipinski definition) is 2. The van der Waals surface area contributed by atoms with Crippen LogP contribution in [0.2, 0.25) is 0 Å². The number of rotatable bonds is 3. The zero-order valence-corrected chi connectivity index (χ0v) is 14.3. The quantitative estimate of drug-likeness (QED) is 0.652. The lowest BCUT2D eigenvalue weighted by atomic mass is 10.0. The molecule has 0 atom stereocenters. The fraction of sp³-hybridized carbons (Fsp3) is 0.222. The van der Waals surface area contributed by atoms with Crippen molar-refractivity contribution in [1.82, 2.24) is 14.7 Å². The highest BCUT2D eigenvalue weighted by molar-refractivity contribution is 5.94. The van der Waals surface area contributed by atoms with Gasteiger partial charge in [-0.15, -0.1) is 0 Å². The molecular weight excluding hydrogens is 388 g/mol. The summed E-state index contributed by atoms with van der Waals surface area (Å²) in [6, 6.07) is 5.97. The predicted octanol–water partition coefficient (Wildman–Crippen LogP) is 4.61. The molecule has 0 saturated carbocycles. The van der Waals surface area contributed by atoms with Crippen LogP contribution >= 0.6 is 0 Å². The second-order valence-electron chi connectivity index (χ2n) is 6.05. The molecule has 2 heterocycles. The third-order valence-electron chi connectivity index (χ3n) is 4.10. The highest BCUT2D eigenvalue weighted by atomic mass is 19.4. The van der Waals surface area contributed by atoms with E-state index in [2.05, 4.69) is 10.3 Å². The standard InChI is InChI=1S/C18H13F6N3O/c1-10-14(27-5-3-2-4-15(27)26-10)9-25-16(28)11-6-12(17(19,20)21)8-13(7-11)18(22,23)24/h2-8H,9H2,1H3,(H,25,28). The summed E-state index contributed by atoms with van der Waals surface area (Å²) in [4.78, 5) is 16.5. The lowest BCUT2D eigenvalue weighted by Crippen LogP contribution is -2.25. The highest BCUT2D eigenvalue weighted by Crippen LogP contribution is 2.36. The van der Waals surface area contributed by atoms with Gasteiger partial charge in [0.25, 0.3) is 5.91 Å². The number of carbonyl (C=O) groups excluding carboxylic acids is 1. The minimum Gasteiger partial charge on any atom is -0.346 e. The van der Waals surface area contributed by atoms with Crippen molar-refractivity contribution in [2.45, 2.75) is 25.8 Å². The van der Waals surface area contributed by atoms with Crippen LogP contribution in [0.15, 0.2) is 42.6 Å². The fourth-order valence-electron chi connectivity index (χ4n) is 2.73. The van der Waals surface area contributed by atoms with Crippen molar-refractivity contribution in [2.24, 2.45) is 0 Å². The molecule has 0 aliphatic rings. The van der Waals surface area contributed by atoms with E-state index in [0.717, 1.165) is 0 Å². The molecule has 0 unspecified atom stereocenters. The topological polar surface area (TPSA) is 46.4 Å². The van der Waals surface area contributed by atoms with E-state index in [9.17, 15) is 31.1 Å². The van der Waals surface area contributed by atoms with Gasteiger partial charge < -0.3 is 9.72 Å². The number of aryl methyl sites for hydroxylation is 1. The van der Waals surface area contributed by atoms with E-state index in [1.807, 2.05) is 0 Å². The van der Waals surface area contributed by atoms with Gasteiger partial charge in [0.2, 0.25) is 0 Å². The molecule has 0 saturated heterocycles. The number of fused-ring (bicyclic) bond motifs is 1. The van der Waals surface area contributed by atoms with Crippen LogP contribution in [0.25, 0.3) is 5.65 Å². The molecule has 4 nitrogen and oxygen atoms in total. The second kappa shape index (κ2) is 6.84. The van der Waals surface area contributed by atoms with Crippen LogP contribution in [0.3, 0.4) is 0 Å². The SMILES string of the molecule is Cc1nc2ccccn2c1CNC(=O)c1cc(C(F)(F)F)cc(C(F)(F)F)c1. The minimum absolute atomic E-state index is 0.0224. The Bertz CT molecular complexity index is 1000. The van der Waals surface area contributed by atoms with Crippen LogP contribution in [0, 0.1) is 6.92 Å². The van der Waals surface area contributed by atoms with Gasteiger partial charge in [-0.2, -0.15) is 26.3 Å². The van der Waals surface area contributed by atoms with Gasteiger partial charge in [-0.05, 0) is 37.3 Å². The molecule has 0 radical (unpaired) electrons. The van der Waals surface area contributed by atoms with E-state index in [1.54, 1.807) is 35.7 Å². The molecule has 0 aliphatic heterocycles.